The molecule has 1 aliphatic rings. The van der Waals surface area contributed by atoms with Gasteiger partial charge in [0.15, 0.2) is 5.75 Å². The van der Waals surface area contributed by atoms with Crippen LogP contribution in [0.15, 0.2) is 66.7 Å². The number of hydrogen-bond donors (Lipinski definition) is 1. The number of aryl methyl sites for hydroxylation is 1. The lowest BCUT2D eigenvalue weighted by molar-refractivity contribution is -0.385. The summed E-state index contributed by atoms with van der Waals surface area (Å²) in [5.74, 6) is -1.43. The first-order valence-electron chi connectivity index (χ1n) is 9.11. The van der Waals surface area contributed by atoms with Crippen LogP contribution in [0.3, 0.4) is 0 Å². The van der Waals surface area contributed by atoms with Gasteiger partial charge in [-0.15, -0.1) is 0 Å². The van der Waals surface area contributed by atoms with Crippen molar-refractivity contribution in [3.05, 3.63) is 99.1 Å². The minimum absolute atomic E-state index is 0.228. The van der Waals surface area contributed by atoms with Gasteiger partial charge in [0.25, 0.3) is 11.8 Å². The molecule has 0 radical (unpaired) electrons. The highest BCUT2D eigenvalue weighted by Crippen LogP contribution is 2.34. The number of phenolic OH excluding ortho intramolecular Hbond substituents is 1. The second kappa shape index (κ2) is 7.29. The fourth-order valence-corrected chi connectivity index (χ4v) is 3.36. The number of aromatic hydroxyl groups is 1. The number of hydrogen-bond acceptors (Lipinski definition) is 5. The first-order chi connectivity index (χ1) is 14.4. The average Bonchev–Trinajstić information content (AvgIpc) is 2.73. The van der Waals surface area contributed by atoms with Gasteiger partial charge in [-0.1, -0.05) is 42.0 Å². The smallest absolute Gasteiger partial charge is 0.311 e. The summed E-state index contributed by atoms with van der Waals surface area (Å²) in [5.41, 5.74) is 2.36. The van der Waals surface area contributed by atoms with E-state index in [2.05, 4.69) is 0 Å². The van der Waals surface area contributed by atoms with Crippen LogP contribution in [-0.4, -0.2) is 21.8 Å². The maximum Gasteiger partial charge on any atom is 0.311 e. The number of phenols is 1. The number of nitro groups is 1. The maximum atomic E-state index is 13.3. The molecule has 148 valence electrons. The highest BCUT2D eigenvalue weighted by atomic mass is 16.6. The van der Waals surface area contributed by atoms with Gasteiger partial charge in [0.2, 0.25) is 0 Å². The van der Waals surface area contributed by atoms with Gasteiger partial charge in [-0.2, -0.15) is 0 Å². The zero-order valence-corrected chi connectivity index (χ0v) is 15.9. The zero-order chi connectivity index (χ0) is 21.4. The summed E-state index contributed by atoms with van der Waals surface area (Å²) >= 11 is 0. The Kier molecular flexibility index (Phi) is 4.63. The lowest BCUT2D eigenvalue weighted by Gasteiger charge is -2.28. The fourth-order valence-electron chi connectivity index (χ4n) is 3.36. The Hall–Kier alpha value is -4.26. The number of nitrogens with zero attached hydrogens (tertiary/aromatic N) is 2. The Morgan fingerprint density at radius 1 is 0.933 bits per heavy atom. The normalized spacial score (nSPS) is 14.7. The summed E-state index contributed by atoms with van der Waals surface area (Å²) in [6.07, 6.45) is 1.49. The topological polar surface area (TPSA) is 101 Å². The van der Waals surface area contributed by atoms with Crippen molar-refractivity contribution in [1.29, 1.82) is 0 Å². The Labute approximate surface area is 171 Å². The van der Waals surface area contributed by atoms with Crippen LogP contribution >= 0.6 is 0 Å². The monoisotopic (exact) mass is 400 g/mol. The van der Waals surface area contributed by atoms with E-state index in [1.54, 1.807) is 36.4 Å². The summed E-state index contributed by atoms with van der Waals surface area (Å²) in [7, 11) is 0. The van der Waals surface area contributed by atoms with Gasteiger partial charge >= 0.3 is 5.69 Å². The molecule has 7 heteroatoms. The molecule has 1 aliphatic heterocycles. The van der Waals surface area contributed by atoms with Gasteiger partial charge in [-0.25, -0.2) is 4.90 Å². The lowest BCUT2D eigenvalue weighted by atomic mass is 9.91. The molecule has 0 aliphatic carbocycles. The SMILES string of the molecule is Cc1ccc(N2C(=O)/C(=C\c3ccc(O)c([N+](=O)[O-])c3)c3ccccc3C2=O)cc1. The van der Waals surface area contributed by atoms with Crippen LogP contribution in [-0.2, 0) is 4.79 Å². The molecule has 0 saturated heterocycles. The average molecular weight is 400 g/mol. The van der Waals surface area contributed by atoms with E-state index in [1.165, 1.54) is 24.3 Å². The van der Waals surface area contributed by atoms with Gasteiger partial charge < -0.3 is 5.11 Å². The van der Waals surface area contributed by atoms with E-state index in [0.717, 1.165) is 10.5 Å². The number of amides is 2. The Morgan fingerprint density at radius 2 is 1.60 bits per heavy atom. The van der Waals surface area contributed by atoms with E-state index < -0.39 is 28.2 Å². The standard InChI is InChI=1S/C23H16N2O5/c1-14-6-9-16(10-7-14)24-22(27)18-5-3-2-4-17(18)19(23(24)28)12-15-8-11-21(26)20(13-15)25(29)30/h2-13,26H,1H3/b19-12-. The van der Waals surface area contributed by atoms with Gasteiger partial charge in [-0.05, 0) is 48.4 Å². The first-order valence-corrected chi connectivity index (χ1v) is 9.11. The van der Waals surface area contributed by atoms with E-state index >= 15 is 0 Å². The van der Waals surface area contributed by atoms with Crippen LogP contribution in [0.2, 0.25) is 0 Å². The number of nitro benzene ring substituents is 1. The van der Waals surface area contributed by atoms with Crippen molar-refractivity contribution < 1.29 is 19.6 Å². The molecular weight excluding hydrogens is 384 g/mol. The number of benzene rings is 3. The number of fused-ring (bicyclic) bond motifs is 1. The molecule has 0 saturated carbocycles. The maximum absolute atomic E-state index is 13.3. The highest BCUT2D eigenvalue weighted by Gasteiger charge is 2.35. The summed E-state index contributed by atoms with van der Waals surface area (Å²) in [6.45, 7) is 1.90. The van der Waals surface area contributed by atoms with Crippen LogP contribution in [0.25, 0.3) is 11.6 Å². The molecular formula is C23H16N2O5. The van der Waals surface area contributed by atoms with E-state index in [4.69, 9.17) is 0 Å². The van der Waals surface area contributed by atoms with E-state index in [-0.39, 0.29) is 5.57 Å². The zero-order valence-electron chi connectivity index (χ0n) is 15.9. The molecule has 0 aromatic heterocycles. The van der Waals surface area contributed by atoms with Crippen LogP contribution in [0.5, 0.6) is 5.75 Å². The molecule has 0 atom stereocenters. The second-order valence-corrected chi connectivity index (χ2v) is 6.89. The predicted octanol–water partition coefficient (Wildman–Crippen LogP) is 4.34. The molecule has 4 rings (SSSR count). The van der Waals surface area contributed by atoms with Gasteiger partial charge in [-0.3, -0.25) is 19.7 Å². The number of carbonyl (C=O) groups is 2. The van der Waals surface area contributed by atoms with E-state index in [0.29, 0.717) is 22.4 Å². The van der Waals surface area contributed by atoms with Crippen LogP contribution in [0.4, 0.5) is 11.4 Å². The Morgan fingerprint density at radius 3 is 2.27 bits per heavy atom. The molecule has 3 aromatic carbocycles. The molecule has 1 heterocycles. The third-order valence-corrected chi connectivity index (χ3v) is 4.88. The van der Waals surface area contributed by atoms with Gasteiger partial charge in [0.1, 0.15) is 0 Å². The van der Waals surface area contributed by atoms with Crippen molar-refractivity contribution in [2.24, 2.45) is 0 Å². The molecule has 0 spiro atoms. The van der Waals surface area contributed by atoms with Crippen molar-refractivity contribution in [2.45, 2.75) is 6.92 Å². The number of rotatable bonds is 3. The summed E-state index contributed by atoms with van der Waals surface area (Å²) in [4.78, 5) is 37.9. The molecule has 2 amide bonds. The quantitative estimate of drug-likeness (QED) is 0.305. The van der Waals surface area contributed by atoms with Crippen molar-refractivity contribution >= 4 is 34.8 Å². The van der Waals surface area contributed by atoms with Crippen molar-refractivity contribution in [3.8, 4) is 5.75 Å². The molecule has 3 aromatic rings. The molecule has 1 N–H and O–H groups in total. The minimum atomic E-state index is -0.698. The van der Waals surface area contributed by atoms with E-state index in [1.807, 2.05) is 19.1 Å². The molecule has 0 bridgehead atoms. The van der Waals surface area contributed by atoms with Gasteiger partial charge in [0.05, 0.1) is 10.6 Å². The minimum Gasteiger partial charge on any atom is -0.502 e. The molecule has 0 fully saturated rings. The molecule has 0 unspecified atom stereocenters. The fraction of sp³-hybridized carbons (Fsp3) is 0.0435. The number of carbonyl (C=O) groups excluding carboxylic acids is 2. The molecule has 30 heavy (non-hydrogen) atoms. The third kappa shape index (κ3) is 3.22. The summed E-state index contributed by atoms with van der Waals surface area (Å²) in [6, 6.07) is 17.6. The van der Waals surface area contributed by atoms with Crippen molar-refractivity contribution in [2.75, 3.05) is 4.90 Å². The van der Waals surface area contributed by atoms with Crippen LogP contribution < -0.4 is 4.90 Å². The predicted molar refractivity (Wildman–Crippen MR) is 112 cm³/mol. The van der Waals surface area contributed by atoms with Crippen molar-refractivity contribution in [3.63, 3.8) is 0 Å². The lowest BCUT2D eigenvalue weighted by Crippen LogP contribution is -2.41. The van der Waals surface area contributed by atoms with E-state index in [9.17, 15) is 24.8 Å². The summed E-state index contributed by atoms with van der Waals surface area (Å²) < 4.78 is 0. The number of anilines is 1. The Bertz CT molecular complexity index is 1230. The van der Waals surface area contributed by atoms with Crippen molar-refractivity contribution in [1.82, 2.24) is 0 Å². The number of imide groups is 1. The second-order valence-electron chi connectivity index (χ2n) is 6.89. The van der Waals surface area contributed by atoms with Crippen LogP contribution in [0.1, 0.15) is 27.0 Å². The third-order valence-electron chi connectivity index (χ3n) is 4.88. The van der Waals surface area contributed by atoms with Gasteiger partial charge in [0, 0.05) is 17.2 Å². The summed E-state index contributed by atoms with van der Waals surface area (Å²) in [5, 5.41) is 20.8. The van der Waals surface area contributed by atoms with Crippen LogP contribution in [0, 0.1) is 17.0 Å². The highest BCUT2D eigenvalue weighted by molar-refractivity contribution is 6.43. The first kappa shape index (κ1) is 19.1. The molecule has 7 nitrogen and oxygen atoms in total. The largest absolute Gasteiger partial charge is 0.502 e. The Balaban J connectivity index is 1.89.